The molecule has 0 atom stereocenters. The van der Waals surface area contributed by atoms with Crippen molar-refractivity contribution in [3.63, 3.8) is 0 Å². The first kappa shape index (κ1) is 17.4. The van der Waals surface area contributed by atoms with Gasteiger partial charge in [0, 0.05) is 24.2 Å². The summed E-state index contributed by atoms with van der Waals surface area (Å²) in [7, 11) is 0. The van der Waals surface area contributed by atoms with E-state index in [2.05, 4.69) is 25.5 Å². The van der Waals surface area contributed by atoms with Crippen LogP contribution in [0.25, 0.3) is 17.3 Å². The Morgan fingerprint density at radius 3 is 2.93 bits per heavy atom. The van der Waals surface area contributed by atoms with E-state index in [1.54, 1.807) is 17.1 Å². The second-order valence-corrected chi connectivity index (χ2v) is 7.22. The zero-order valence-corrected chi connectivity index (χ0v) is 15.6. The number of carbonyl (C=O) groups excluding carboxylic acids is 1. The van der Waals surface area contributed by atoms with Crippen LogP contribution in [0.1, 0.15) is 54.5 Å². The predicted octanol–water partition coefficient (Wildman–Crippen LogP) is 2.89. The van der Waals surface area contributed by atoms with Gasteiger partial charge in [-0.3, -0.25) is 4.79 Å². The highest BCUT2D eigenvalue weighted by molar-refractivity contribution is 5.95. The van der Waals surface area contributed by atoms with Gasteiger partial charge in [-0.05, 0) is 37.8 Å². The summed E-state index contributed by atoms with van der Waals surface area (Å²) in [5.41, 5.74) is 2.05. The standard InChI is InChI=1S/C19H22N6O2/c1-11(2)17-23-19(27-24-17)14-6-7-20-16(8-14)25-12(3)15(10-22-25)18(26)21-9-13-4-5-13/h6-8,10-11,13H,4-5,9H2,1-3H3,(H,21,26). The van der Waals surface area contributed by atoms with Gasteiger partial charge in [-0.2, -0.15) is 10.1 Å². The number of carbonyl (C=O) groups is 1. The average molecular weight is 366 g/mol. The lowest BCUT2D eigenvalue weighted by Gasteiger charge is -2.06. The van der Waals surface area contributed by atoms with E-state index in [0.717, 1.165) is 17.8 Å². The molecular formula is C19H22N6O2. The van der Waals surface area contributed by atoms with Crippen molar-refractivity contribution in [1.29, 1.82) is 0 Å². The van der Waals surface area contributed by atoms with Crippen LogP contribution in [0.4, 0.5) is 0 Å². The molecule has 4 rings (SSSR count). The summed E-state index contributed by atoms with van der Waals surface area (Å²) in [6.07, 6.45) is 5.64. The van der Waals surface area contributed by atoms with E-state index < -0.39 is 0 Å². The average Bonchev–Trinajstić information content (AvgIpc) is 3.20. The van der Waals surface area contributed by atoms with E-state index in [1.807, 2.05) is 32.9 Å². The monoisotopic (exact) mass is 366 g/mol. The molecule has 1 N–H and O–H groups in total. The quantitative estimate of drug-likeness (QED) is 0.720. The zero-order valence-electron chi connectivity index (χ0n) is 15.6. The van der Waals surface area contributed by atoms with Crippen molar-refractivity contribution in [2.75, 3.05) is 6.54 Å². The molecule has 8 nitrogen and oxygen atoms in total. The van der Waals surface area contributed by atoms with Crippen molar-refractivity contribution < 1.29 is 9.32 Å². The largest absolute Gasteiger partial charge is 0.352 e. The van der Waals surface area contributed by atoms with Crippen LogP contribution in [0.3, 0.4) is 0 Å². The molecule has 1 amide bonds. The Balaban J connectivity index is 1.59. The van der Waals surface area contributed by atoms with Gasteiger partial charge in [0.2, 0.25) is 0 Å². The Morgan fingerprint density at radius 2 is 2.22 bits per heavy atom. The minimum Gasteiger partial charge on any atom is -0.352 e. The number of hydrogen-bond acceptors (Lipinski definition) is 6. The molecule has 0 radical (unpaired) electrons. The summed E-state index contributed by atoms with van der Waals surface area (Å²) in [4.78, 5) is 21.2. The first-order chi connectivity index (χ1) is 13.0. The number of aromatic nitrogens is 5. The maximum atomic E-state index is 12.4. The van der Waals surface area contributed by atoms with Gasteiger partial charge in [-0.15, -0.1) is 0 Å². The number of nitrogens with one attached hydrogen (secondary N) is 1. The van der Waals surface area contributed by atoms with Crippen LogP contribution in [0.5, 0.6) is 0 Å². The van der Waals surface area contributed by atoms with Gasteiger partial charge in [0.15, 0.2) is 11.6 Å². The van der Waals surface area contributed by atoms with Crippen molar-refractivity contribution in [2.45, 2.75) is 39.5 Å². The highest BCUT2D eigenvalue weighted by atomic mass is 16.5. The third-order valence-electron chi connectivity index (χ3n) is 4.67. The summed E-state index contributed by atoms with van der Waals surface area (Å²) in [6, 6.07) is 3.63. The van der Waals surface area contributed by atoms with Crippen molar-refractivity contribution >= 4 is 5.91 Å². The zero-order chi connectivity index (χ0) is 19.0. The molecule has 0 saturated heterocycles. The smallest absolute Gasteiger partial charge is 0.258 e. The molecule has 3 aromatic rings. The summed E-state index contributed by atoms with van der Waals surface area (Å²) in [5, 5.41) is 11.3. The number of rotatable bonds is 6. The molecule has 1 saturated carbocycles. The molecule has 1 fully saturated rings. The molecule has 0 aliphatic heterocycles. The second kappa shape index (κ2) is 6.94. The third kappa shape index (κ3) is 3.60. The molecule has 3 aromatic heterocycles. The van der Waals surface area contributed by atoms with Crippen molar-refractivity contribution in [2.24, 2.45) is 5.92 Å². The lowest BCUT2D eigenvalue weighted by molar-refractivity contribution is 0.0951. The third-order valence-corrected chi connectivity index (χ3v) is 4.67. The molecule has 1 aliphatic rings. The van der Waals surface area contributed by atoms with Crippen LogP contribution >= 0.6 is 0 Å². The van der Waals surface area contributed by atoms with E-state index in [9.17, 15) is 4.79 Å². The van der Waals surface area contributed by atoms with Crippen LogP contribution in [0.15, 0.2) is 29.0 Å². The van der Waals surface area contributed by atoms with E-state index in [4.69, 9.17) is 4.52 Å². The Kier molecular flexibility index (Phi) is 4.47. The van der Waals surface area contributed by atoms with Gasteiger partial charge in [0.05, 0.1) is 17.5 Å². The van der Waals surface area contributed by atoms with Crippen LogP contribution in [0.2, 0.25) is 0 Å². The van der Waals surface area contributed by atoms with Crippen molar-refractivity contribution in [1.82, 2.24) is 30.2 Å². The van der Waals surface area contributed by atoms with Gasteiger partial charge in [-0.25, -0.2) is 9.67 Å². The van der Waals surface area contributed by atoms with E-state index >= 15 is 0 Å². The molecule has 0 bridgehead atoms. The van der Waals surface area contributed by atoms with E-state index in [0.29, 0.717) is 29.0 Å². The van der Waals surface area contributed by atoms with Gasteiger partial charge in [0.25, 0.3) is 11.8 Å². The highest BCUT2D eigenvalue weighted by Gasteiger charge is 2.23. The van der Waals surface area contributed by atoms with E-state index in [1.165, 1.54) is 12.8 Å². The van der Waals surface area contributed by atoms with Gasteiger partial charge in [-0.1, -0.05) is 19.0 Å². The number of pyridine rings is 1. The summed E-state index contributed by atoms with van der Waals surface area (Å²) in [5.74, 6) is 2.42. The first-order valence-electron chi connectivity index (χ1n) is 9.16. The molecule has 140 valence electrons. The van der Waals surface area contributed by atoms with Crippen LogP contribution in [-0.4, -0.2) is 37.4 Å². The molecule has 0 unspecified atom stereocenters. The maximum Gasteiger partial charge on any atom is 0.258 e. The van der Waals surface area contributed by atoms with Crippen LogP contribution < -0.4 is 5.32 Å². The van der Waals surface area contributed by atoms with Crippen molar-refractivity contribution in [3.8, 4) is 17.3 Å². The molecular weight excluding hydrogens is 344 g/mol. The van der Waals surface area contributed by atoms with Gasteiger partial charge < -0.3 is 9.84 Å². The molecule has 0 aromatic carbocycles. The molecule has 3 heterocycles. The number of nitrogens with zero attached hydrogens (tertiary/aromatic N) is 5. The maximum absolute atomic E-state index is 12.4. The highest BCUT2D eigenvalue weighted by Crippen LogP contribution is 2.27. The predicted molar refractivity (Wildman–Crippen MR) is 98.5 cm³/mol. The second-order valence-electron chi connectivity index (χ2n) is 7.22. The lowest BCUT2D eigenvalue weighted by Crippen LogP contribution is -2.25. The van der Waals surface area contributed by atoms with Crippen molar-refractivity contribution in [3.05, 3.63) is 41.6 Å². The van der Waals surface area contributed by atoms with E-state index in [-0.39, 0.29) is 11.8 Å². The van der Waals surface area contributed by atoms with Crippen LogP contribution in [-0.2, 0) is 0 Å². The lowest BCUT2D eigenvalue weighted by atomic mass is 10.2. The Hall–Kier alpha value is -3.03. The minimum absolute atomic E-state index is 0.0970. The Bertz CT molecular complexity index is 970. The Morgan fingerprint density at radius 1 is 1.41 bits per heavy atom. The fourth-order valence-electron chi connectivity index (χ4n) is 2.77. The molecule has 27 heavy (non-hydrogen) atoms. The number of hydrogen-bond donors (Lipinski definition) is 1. The topological polar surface area (TPSA) is 98.7 Å². The molecule has 0 spiro atoms. The van der Waals surface area contributed by atoms with Crippen LogP contribution in [0, 0.1) is 12.8 Å². The fraction of sp³-hybridized carbons (Fsp3) is 0.421. The summed E-state index contributed by atoms with van der Waals surface area (Å²) >= 11 is 0. The van der Waals surface area contributed by atoms with Gasteiger partial charge >= 0.3 is 0 Å². The summed E-state index contributed by atoms with van der Waals surface area (Å²) < 4.78 is 7.00. The summed E-state index contributed by atoms with van der Waals surface area (Å²) in [6.45, 7) is 6.61. The van der Waals surface area contributed by atoms with Gasteiger partial charge in [0.1, 0.15) is 0 Å². The SMILES string of the molecule is Cc1c(C(=O)NCC2CC2)cnn1-c1cc(-c2nc(C(C)C)no2)ccn1. The minimum atomic E-state index is -0.0970. The molecule has 1 aliphatic carbocycles. The molecule has 8 heteroatoms. The normalized spacial score (nSPS) is 13.9. The first-order valence-corrected chi connectivity index (χ1v) is 9.16. The fourth-order valence-corrected chi connectivity index (χ4v) is 2.77. The Labute approximate surface area is 157 Å². The number of amides is 1.